The van der Waals surface area contributed by atoms with Crippen molar-refractivity contribution in [1.82, 2.24) is 0 Å². The number of allylic oxidation sites excluding steroid dienone is 2. The Labute approximate surface area is 113 Å². The molecule has 0 aromatic heterocycles. The van der Waals surface area contributed by atoms with Crippen LogP contribution in [0.3, 0.4) is 0 Å². The summed E-state index contributed by atoms with van der Waals surface area (Å²) >= 11 is 6.29. The third kappa shape index (κ3) is 2.15. The molecule has 3 rings (SSSR count). The van der Waals surface area contributed by atoms with Gasteiger partial charge in [-0.25, -0.2) is 0 Å². The van der Waals surface area contributed by atoms with Gasteiger partial charge in [0.05, 0.1) is 0 Å². The second-order valence-electron chi connectivity index (χ2n) is 4.86. The van der Waals surface area contributed by atoms with Gasteiger partial charge in [-0.05, 0) is 49.0 Å². The van der Waals surface area contributed by atoms with Gasteiger partial charge in [-0.1, -0.05) is 35.4 Å². The lowest BCUT2D eigenvalue weighted by Gasteiger charge is -2.21. The molecule has 1 unspecified atom stereocenters. The molecule has 0 spiro atoms. The van der Waals surface area contributed by atoms with Crippen molar-refractivity contribution >= 4 is 23.9 Å². The van der Waals surface area contributed by atoms with Gasteiger partial charge in [0.1, 0.15) is 0 Å². The van der Waals surface area contributed by atoms with Crippen molar-refractivity contribution in [2.75, 3.05) is 0 Å². The normalized spacial score (nSPS) is 22.3. The van der Waals surface area contributed by atoms with E-state index in [0.29, 0.717) is 5.92 Å². The molecule has 1 aliphatic carbocycles. The van der Waals surface area contributed by atoms with E-state index < -0.39 is 0 Å². The molecule has 0 amide bonds. The highest BCUT2D eigenvalue weighted by Gasteiger charge is 2.20. The zero-order valence-electron chi connectivity index (χ0n) is 10.3. The molecule has 1 atom stereocenters. The Hall–Kier alpha value is -1.34. The number of nitrogens with zero attached hydrogens (tertiary/aromatic N) is 1. The predicted molar refractivity (Wildman–Crippen MR) is 78.3 cm³/mol. The predicted octanol–water partition coefficient (Wildman–Crippen LogP) is 4.98. The lowest BCUT2D eigenvalue weighted by molar-refractivity contribution is 0.681. The summed E-state index contributed by atoms with van der Waals surface area (Å²) in [5, 5.41) is 0.815. The third-order valence-electron chi connectivity index (χ3n) is 3.71. The third-order valence-corrected chi connectivity index (χ3v) is 4.04. The van der Waals surface area contributed by atoms with Crippen LogP contribution in [-0.2, 0) is 0 Å². The van der Waals surface area contributed by atoms with Crippen LogP contribution in [0.4, 0.5) is 0 Å². The van der Waals surface area contributed by atoms with E-state index >= 15 is 0 Å². The van der Waals surface area contributed by atoms with Crippen molar-refractivity contribution in [3.8, 4) is 0 Å². The van der Waals surface area contributed by atoms with E-state index in [1.165, 1.54) is 36.8 Å². The van der Waals surface area contributed by atoms with Gasteiger partial charge in [0.25, 0.3) is 0 Å². The Kier molecular flexibility index (Phi) is 3.33. The first-order valence-electron chi connectivity index (χ1n) is 6.53. The Morgan fingerprint density at radius 3 is 3.00 bits per heavy atom. The van der Waals surface area contributed by atoms with Crippen LogP contribution >= 0.6 is 11.6 Å². The van der Waals surface area contributed by atoms with E-state index in [1.54, 1.807) is 0 Å². The maximum absolute atomic E-state index is 6.29. The molecule has 92 valence electrons. The number of rotatable bonds is 1. The SMILES string of the molecule is Clc1cccc2c1C=CN=CC2C1=CCCCC1. The van der Waals surface area contributed by atoms with Gasteiger partial charge in [-0.2, -0.15) is 0 Å². The van der Waals surface area contributed by atoms with Gasteiger partial charge in [0.15, 0.2) is 0 Å². The second-order valence-corrected chi connectivity index (χ2v) is 5.27. The number of fused-ring (bicyclic) bond motifs is 1. The number of aliphatic imine (C=N–C) groups is 1. The number of hydrogen-bond acceptors (Lipinski definition) is 1. The highest BCUT2D eigenvalue weighted by molar-refractivity contribution is 6.32. The molecule has 18 heavy (non-hydrogen) atoms. The molecule has 1 nitrogen and oxygen atoms in total. The average molecular weight is 258 g/mol. The zero-order chi connectivity index (χ0) is 12.4. The Morgan fingerprint density at radius 2 is 2.17 bits per heavy atom. The van der Waals surface area contributed by atoms with Crippen molar-refractivity contribution in [2.24, 2.45) is 4.99 Å². The number of benzene rings is 1. The van der Waals surface area contributed by atoms with Crippen LogP contribution in [0.15, 0.2) is 41.0 Å². The monoisotopic (exact) mass is 257 g/mol. The molecule has 0 saturated carbocycles. The summed E-state index contributed by atoms with van der Waals surface area (Å²) in [6, 6.07) is 6.15. The van der Waals surface area contributed by atoms with Gasteiger partial charge in [-0.15, -0.1) is 0 Å². The lowest BCUT2D eigenvalue weighted by Crippen LogP contribution is -2.08. The van der Waals surface area contributed by atoms with E-state index in [0.717, 1.165) is 10.6 Å². The van der Waals surface area contributed by atoms with Crippen molar-refractivity contribution < 1.29 is 0 Å². The summed E-state index contributed by atoms with van der Waals surface area (Å²) in [7, 11) is 0. The summed E-state index contributed by atoms with van der Waals surface area (Å²) in [6.07, 6.45) is 13.3. The Morgan fingerprint density at radius 1 is 1.22 bits per heavy atom. The smallest absolute Gasteiger partial charge is 0.0482 e. The van der Waals surface area contributed by atoms with Gasteiger partial charge in [0.2, 0.25) is 0 Å². The van der Waals surface area contributed by atoms with E-state index in [1.807, 2.05) is 24.4 Å². The van der Waals surface area contributed by atoms with Gasteiger partial charge in [-0.3, -0.25) is 4.99 Å². The van der Waals surface area contributed by atoms with E-state index in [4.69, 9.17) is 11.6 Å². The first-order valence-corrected chi connectivity index (χ1v) is 6.91. The van der Waals surface area contributed by atoms with Crippen LogP contribution in [0.2, 0.25) is 5.02 Å². The molecule has 1 aromatic rings. The minimum absolute atomic E-state index is 0.300. The molecule has 0 fully saturated rings. The molecule has 2 heteroatoms. The molecule has 2 aliphatic rings. The fourth-order valence-corrected chi connectivity index (χ4v) is 3.02. The summed E-state index contributed by atoms with van der Waals surface area (Å²) < 4.78 is 0. The minimum Gasteiger partial charge on any atom is -0.268 e. The van der Waals surface area contributed by atoms with Crippen molar-refractivity contribution in [3.05, 3.63) is 52.2 Å². The topological polar surface area (TPSA) is 12.4 Å². The summed E-state index contributed by atoms with van der Waals surface area (Å²) in [5.74, 6) is 0.300. The first-order chi connectivity index (χ1) is 8.86. The maximum atomic E-state index is 6.29. The summed E-state index contributed by atoms with van der Waals surface area (Å²) in [6.45, 7) is 0. The summed E-state index contributed by atoms with van der Waals surface area (Å²) in [4.78, 5) is 4.38. The largest absolute Gasteiger partial charge is 0.268 e. The molecular weight excluding hydrogens is 242 g/mol. The fraction of sp³-hybridized carbons (Fsp3) is 0.312. The van der Waals surface area contributed by atoms with Crippen LogP contribution < -0.4 is 0 Å². The van der Waals surface area contributed by atoms with Crippen LogP contribution in [0, 0.1) is 0 Å². The van der Waals surface area contributed by atoms with Crippen molar-refractivity contribution in [1.29, 1.82) is 0 Å². The van der Waals surface area contributed by atoms with Crippen molar-refractivity contribution in [2.45, 2.75) is 31.6 Å². The molecule has 0 saturated heterocycles. The molecule has 1 aromatic carbocycles. The molecule has 1 aliphatic heterocycles. The van der Waals surface area contributed by atoms with Gasteiger partial charge in [0, 0.05) is 23.4 Å². The molecule has 0 radical (unpaired) electrons. The standard InChI is InChI=1S/C16H16ClN/c17-16-8-4-7-13-14(16)9-10-18-11-15(13)12-5-2-1-3-6-12/h4-5,7-11,15H,1-3,6H2. The second kappa shape index (κ2) is 5.11. The maximum Gasteiger partial charge on any atom is 0.0482 e. The molecule has 0 N–H and O–H groups in total. The molecule has 0 bridgehead atoms. The van der Waals surface area contributed by atoms with Crippen LogP contribution in [0.5, 0.6) is 0 Å². The summed E-state index contributed by atoms with van der Waals surface area (Å²) in [5.41, 5.74) is 3.90. The fourth-order valence-electron chi connectivity index (χ4n) is 2.78. The zero-order valence-corrected chi connectivity index (χ0v) is 11.0. The van der Waals surface area contributed by atoms with Crippen molar-refractivity contribution in [3.63, 3.8) is 0 Å². The van der Waals surface area contributed by atoms with Crippen LogP contribution in [0.25, 0.3) is 6.08 Å². The number of hydrogen-bond donors (Lipinski definition) is 0. The molecular formula is C16H16ClN. The average Bonchev–Trinajstić information content (AvgIpc) is 2.63. The van der Waals surface area contributed by atoms with Gasteiger partial charge >= 0.3 is 0 Å². The van der Waals surface area contributed by atoms with E-state index in [2.05, 4.69) is 23.3 Å². The molecule has 1 heterocycles. The van der Waals surface area contributed by atoms with Crippen LogP contribution in [-0.4, -0.2) is 6.21 Å². The van der Waals surface area contributed by atoms with Crippen LogP contribution in [0.1, 0.15) is 42.7 Å². The minimum atomic E-state index is 0.300. The highest BCUT2D eigenvalue weighted by Crippen LogP contribution is 2.36. The Bertz CT molecular complexity index is 540. The first kappa shape index (κ1) is 11.7. The Balaban J connectivity index is 2.08. The highest BCUT2D eigenvalue weighted by atomic mass is 35.5. The van der Waals surface area contributed by atoms with E-state index in [9.17, 15) is 0 Å². The quantitative estimate of drug-likeness (QED) is 0.629. The lowest BCUT2D eigenvalue weighted by atomic mass is 9.83. The van der Waals surface area contributed by atoms with Gasteiger partial charge < -0.3 is 0 Å². The van der Waals surface area contributed by atoms with E-state index in [-0.39, 0.29) is 0 Å². The number of halogens is 1.